The van der Waals surface area contributed by atoms with E-state index in [1.807, 2.05) is 6.92 Å². The molecular weight excluding hydrogens is 238 g/mol. The van der Waals surface area contributed by atoms with Gasteiger partial charge in [0, 0.05) is 24.5 Å². The fourth-order valence-corrected chi connectivity index (χ4v) is 1.85. The summed E-state index contributed by atoms with van der Waals surface area (Å²) in [4.78, 5) is 4.06. The van der Waals surface area contributed by atoms with Crippen molar-refractivity contribution in [1.82, 2.24) is 9.55 Å². The maximum atomic E-state index is 12.6. The van der Waals surface area contributed by atoms with Crippen molar-refractivity contribution in [3.05, 3.63) is 53.6 Å². The van der Waals surface area contributed by atoms with E-state index in [1.54, 1.807) is 23.0 Å². The molecule has 1 atom stereocenters. The molecule has 0 aliphatic carbocycles. The summed E-state index contributed by atoms with van der Waals surface area (Å²) in [5.74, 6) is 0.462. The van der Waals surface area contributed by atoms with Gasteiger partial charge < -0.3 is 9.67 Å². The van der Waals surface area contributed by atoms with E-state index < -0.39 is 12.5 Å². The molecule has 1 heterocycles. The molecule has 0 saturated heterocycles. The van der Waals surface area contributed by atoms with Crippen LogP contribution in [0.15, 0.2) is 36.7 Å². The third-order valence-electron chi connectivity index (χ3n) is 2.81. The van der Waals surface area contributed by atoms with Crippen LogP contribution in [0.1, 0.15) is 36.4 Å². The Kier molecular flexibility index (Phi) is 3.72. The van der Waals surface area contributed by atoms with Crippen LogP contribution < -0.4 is 0 Å². The third kappa shape index (κ3) is 2.41. The van der Waals surface area contributed by atoms with E-state index in [1.165, 1.54) is 18.2 Å². The number of alkyl halides is 2. The Morgan fingerprint density at radius 2 is 2.06 bits per heavy atom. The minimum Gasteiger partial charge on any atom is -0.380 e. The molecule has 0 spiro atoms. The Balaban J connectivity index is 2.34. The van der Waals surface area contributed by atoms with Crippen LogP contribution >= 0.6 is 0 Å². The first-order valence-corrected chi connectivity index (χ1v) is 5.70. The highest BCUT2D eigenvalue weighted by atomic mass is 19.3. The van der Waals surface area contributed by atoms with Gasteiger partial charge in [-0.15, -0.1) is 0 Å². The van der Waals surface area contributed by atoms with Crippen LogP contribution in [0.4, 0.5) is 8.78 Å². The molecule has 1 aromatic carbocycles. The van der Waals surface area contributed by atoms with Crippen molar-refractivity contribution in [2.75, 3.05) is 0 Å². The molecule has 5 heteroatoms. The lowest BCUT2D eigenvalue weighted by Gasteiger charge is -2.13. The fourth-order valence-electron chi connectivity index (χ4n) is 1.85. The van der Waals surface area contributed by atoms with Crippen LogP contribution in [0.3, 0.4) is 0 Å². The average molecular weight is 252 g/mol. The quantitative estimate of drug-likeness (QED) is 0.908. The van der Waals surface area contributed by atoms with Crippen LogP contribution in [0, 0.1) is 0 Å². The predicted octanol–water partition coefficient (Wildman–Crippen LogP) is 2.92. The molecule has 1 unspecified atom stereocenters. The number of aliphatic hydroxyl groups is 1. The van der Waals surface area contributed by atoms with E-state index in [4.69, 9.17) is 0 Å². The number of rotatable bonds is 4. The lowest BCUT2D eigenvalue weighted by molar-refractivity contribution is 0.150. The molecule has 1 N–H and O–H groups in total. The summed E-state index contributed by atoms with van der Waals surface area (Å²) < 4.78 is 27.0. The molecule has 0 bridgehead atoms. The van der Waals surface area contributed by atoms with E-state index in [0.29, 0.717) is 17.9 Å². The van der Waals surface area contributed by atoms with Crippen molar-refractivity contribution < 1.29 is 13.9 Å². The van der Waals surface area contributed by atoms with Gasteiger partial charge in [0.2, 0.25) is 0 Å². The minimum atomic E-state index is -2.54. The van der Waals surface area contributed by atoms with Gasteiger partial charge in [-0.3, -0.25) is 0 Å². The summed E-state index contributed by atoms with van der Waals surface area (Å²) in [6, 6.07) is 5.78. The number of benzene rings is 1. The molecule has 2 aromatic rings. The number of aromatic nitrogens is 2. The molecule has 0 aliphatic rings. The number of halogens is 2. The normalized spacial score (nSPS) is 12.9. The zero-order valence-corrected chi connectivity index (χ0v) is 9.92. The van der Waals surface area contributed by atoms with Crippen molar-refractivity contribution in [1.29, 1.82) is 0 Å². The highest BCUT2D eigenvalue weighted by Gasteiger charge is 2.17. The van der Waals surface area contributed by atoms with Crippen molar-refractivity contribution in [2.45, 2.75) is 26.0 Å². The third-order valence-corrected chi connectivity index (χ3v) is 2.81. The smallest absolute Gasteiger partial charge is 0.263 e. The lowest BCUT2D eigenvalue weighted by Crippen LogP contribution is -2.09. The van der Waals surface area contributed by atoms with Gasteiger partial charge in [0.25, 0.3) is 6.43 Å². The Labute approximate surface area is 104 Å². The van der Waals surface area contributed by atoms with Crippen molar-refractivity contribution >= 4 is 0 Å². The van der Waals surface area contributed by atoms with Crippen LogP contribution in [0.5, 0.6) is 0 Å². The summed E-state index contributed by atoms with van der Waals surface area (Å²) in [5, 5.41) is 10.2. The fraction of sp³-hybridized carbons (Fsp3) is 0.308. The summed E-state index contributed by atoms with van der Waals surface area (Å²) in [5.41, 5.74) is 0.329. The second kappa shape index (κ2) is 5.27. The second-order valence-electron chi connectivity index (χ2n) is 3.94. The van der Waals surface area contributed by atoms with Crippen LogP contribution in [0.25, 0.3) is 0 Å². The second-order valence-corrected chi connectivity index (χ2v) is 3.94. The number of imidazole rings is 1. The zero-order chi connectivity index (χ0) is 13.1. The molecule has 0 aliphatic heterocycles. The molecule has 0 radical (unpaired) electrons. The first-order valence-electron chi connectivity index (χ1n) is 5.70. The standard InChI is InChI=1S/C13H14F2N2O/c1-2-17-7-6-16-13(17)11(18)9-4-3-5-10(8-9)12(14)15/h3-8,11-12,18H,2H2,1H3. The number of hydrogen-bond donors (Lipinski definition) is 1. The molecule has 0 fully saturated rings. The monoisotopic (exact) mass is 252 g/mol. The molecule has 96 valence electrons. The number of aryl methyl sites for hydroxylation is 1. The summed E-state index contributed by atoms with van der Waals surface area (Å²) in [6.07, 6.45) is -0.198. The first-order chi connectivity index (χ1) is 8.63. The topological polar surface area (TPSA) is 38.0 Å². The average Bonchev–Trinajstić information content (AvgIpc) is 2.86. The number of nitrogens with zero attached hydrogens (tertiary/aromatic N) is 2. The van der Waals surface area contributed by atoms with E-state index >= 15 is 0 Å². The van der Waals surface area contributed by atoms with Gasteiger partial charge in [0.05, 0.1) is 0 Å². The summed E-state index contributed by atoms with van der Waals surface area (Å²) in [6.45, 7) is 2.59. The van der Waals surface area contributed by atoms with Crippen molar-refractivity contribution in [2.24, 2.45) is 0 Å². The Hall–Kier alpha value is -1.75. The van der Waals surface area contributed by atoms with Gasteiger partial charge in [-0.25, -0.2) is 13.8 Å². The molecule has 0 amide bonds. The maximum Gasteiger partial charge on any atom is 0.263 e. The molecule has 0 saturated carbocycles. The highest BCUT2D eigenvalue weighted by molar-refractivity contribution is 5.29. The molecular formula is C13H14F2N2O. The van der Waals surface area contributed by atoms with Gasteiger partial charge in [-0.2, -0.15) is 0 Å². The first kappa shape index (κ1) is 12.7. The van der Waals surface area contributed by atoms with Gasteiger partial charge in [0.15, 0.2) is 0 Å². The molecule has 18 heavy (non-hydrogen) atoms. The zero-order valence-electron chi connectivity index (χ0n) is 9.92. The lowest BCUT2D eigenvalue weighted by atomic mass is 10.1. The number of aliphatic hydroxyl groups excluding tert-OH is 1. The number of hydrogen-bond acceptors (Lipinski definition) is 2. The molecule has 3 nitrogen and oxygen atoms in total. The summed E-state index contributed by atoms with van der Waals surface area (Å²) in [7, 11) is 0. The Morgan fingerprint density at radius 1 is 1.33 bits per heavy atom. The minimum absolute atomic E-state index is 0.0962. The summed E-state index contributed by atoms with van der Waals surface area (Å²) >= 11 is 0. The van der Waals surface area contributed by atoms with Gasteiger partial charge in [-0.05, 0) is 18.6 Å². The maximum absolute atomic E-state index is 12.6. The van der Waals surface area contributed by atoms with Crippen LogP contribution in [-0.4, -0.2) is 14.7 Å². The predicted molar refractivity (Wildman–Crippen MR) is 63.4 cm³/mol. The highest BCUT2D eigenvalue weighted by Crippen LogP contribution is 2.25. The van der Waals surface area contributed by atoms with Crippen molar-refractivity contribution in [3.8, 4) is 0 Å². The van der Waals surface area contributed by atoms with Gasteiger partial charge >= 0.3 is 0 Å². The Morgan fingerprint density at radius 3 is 2.72 bits per heavy atom. The largest absolute Gasteiger partial charge is 0.380 e. The molecule has 2 rings (SSSR count). The van der Waals surface area contributed by atoms with E-state index in [0.717, 1.165) is 0 Å². The van der Waals surface area contributed by atoms with Gasteiger partial charge in [0.1, 0.15) is 11.9 Å². The van der Waals surface area contributed by atoms with E-state index in [9.17, 15) is 13.9 Å². The SMILES string of the molecule is CCn1ccnc1C(O)c1cccc(C(F)F)c1. The van der Waals surface area contributed by atoms with Crippen LogP contribution in [-0.2, 0) is 6.54 Å². The molecule has 1 aromatic heterocycles. The van der Waals surface area contributed by atoms with Gasteiger partial charge in [-0.1, -0.05) is 18.2 Å². The van der Waals surface area contributed by atoms with E-state index in [-0.39, 0.29) is 5.56 Å². The van der Waals surface area contributed by atoms with Crippen molar-refractivity contribution in [3.63, 3.8) is 0 Å². The van der Waals surface area contributed by atoms with Crippen LogP contribution in [0.2, 0.25) is 0 Å². The van der Waals surface area contributed by atoms with E-state index in [2.05, 4.69) is 4.98 Å². The Bertz CT molecular complexity index is 525.